The van der Waals surface area contributed by atoms with Crippen molar-refractivity contribution in [3.63, 3.8) is 0 Å². The minimum absolute atomic E-state index is 0.0426. The molecule has 0 spiro atoms. The Hall–Kier alpha value is -0.700. The molecule has 1 saturated carbocycles. The Morgan fingerprint density at radius 1 is 1.58 bits per heavy atom. The molecule has 68 valence electrons. The zero-order valence-electron chi connectivity index (χ0n) is 7.29. The van der Waals surface area contributed by atoms with Gasteiger partial charge in [0, 0.05) is 13.0 Å². The van der Waals surface area contributed by atoms with Gasteiger partial charge in [0.1, 0.15) is 12.1 Å². The molecule has 0 amide bonds. The molecule has 2 unspecified atom stereocenters. The van der Waals surface area contributed by atoms with E-state index >= 15 is 0 Å². The van der Waals surface area contributed by atoms with Crippen LogP contribution in [0.15, 0.2) is 0 Å². The highest BCUT2D eigenvalue weighted by molar-refractivity contribution is 5.95. The molecule has 0 bridgehead atoms. The van der Waals surface area contributed by atoms with Gasteiger partial charge < -0.3 is 9.53 Å². The molecule has 12 heavy (non-hydrogen) atoms. The highest BCUT2D eigenvalue weighted by Crippen LogP contribution is 2.24. The van der Waals surface area contributed by atoms with Crippen LogP contribution in [0.3, 0.4) is 0 Å². The lowest BCUT2D eigenvalue weighted by Crippen LogP contribution is -2.31. The van der Waals surface area contributed by atoms with E-state index in [-0.39, 0.29) is 17.6 Å². The molecule has 0 aromatic carbocycles. The van der Waals surface area contributed by atoms with Gasteiger partial charge >= 0.3 is 0 Å². The Morgan fingerprint density at radius 2 is 2.33 bits per heavy atom. The van der Waals surface area contributed by atoms with E-state index in [9.17, 15) is 9.59 Å². The van der Waals surface area contributed by atoms with E-state index in [0.29, 0.717) is 6.61 Å². The normalized spacial score (nSPS) is 30.2. The molecule has 0 aromatic rings. The van der Waals surface area contributed by atoms with Gasteiger partial charge in [-0.15, -0.1) is 0 Å². The number of hydrogen-bond acceptors (Lipinski definition) is 3. The van der Waals surface area contributed by atoms with Crippen molar-refractivity contribution in [2.75, 3.05) is 13.7 Å². The van der Waals surface area contributed by atoms with Gasteiger partial charge in [0.25, 0.3) is 0 Å². The van der Waals surface area contributed by atoms with Gasteiger partial charge in [-0.05, 0) is 12.8 Å². The summed E-state index contributed by atoms with van der Waals surface area (Å²) in [4.78, 5) is 21.9. The van der Waals surface area contributed by atoms with E-state index in [4.69, 9.17) is 4.74 Å². The lowest BCUT2D eigenvalue weighted by atomic mass is 9.81. The summed E-state index contributed by atoms with van der Waals surface area (Å²) in [6.45, 7) is 0.461. The van der Waals surface area contributed by atoms with Crippen LogP contribution >= 0.6 is 0 Å². The molecule has 3 heteroatoms. The SMILES string of the molecule is COCC1CCCC(C=O)C1=O. The van der Waals surface area contributed by atoms with Crippen LogP contribution in [0.2, 0.25) is 0 Å². The second-order valence-electron chi connectivity index (χ2n) is 3.23. The van der Waals surface area contributed by atoms with Crippen LogP contribution in [0.25, 0.3) is 0 Å². The highest BCUT2D eigenvalue weighted by Gasteiger charge is 2.30. The zero-order chi connectivity index (χ0) is 8.97. The van der Waals surface area contributed by atoms with Gasteiger partial charge in [0.2, 0.25) is 0 Å². The average molecular weight is 170 g/mol. The first kappa shape index (κ1) is 9.39. The summed E-state index contributed by atoms with van der Waals surface area (Å²) in [7, 11) is 1.58. The van der Waals surface area contributed by atoms with Crippen molar-refractivity contribution in [1.82, 2.24) is 0 Å². The number of hydrogen-bond donors (Lipinski definition) is 0. The van der Waals surface area contributed by atoms with Crippen LogP contribution in [0.1, 0.15) is 19.3 Å². The first-order chi connectivity index (χ1) is 5.79. The van der Waals surface area contributed by atoms with Crippen LogP contribution in [0.5, 0.6) is 0 Å². The molecule has 3 nitrogen and oxygen atoms in total. The average Bonchev–Trinajstić information content (AvgIpc) is 2.09. The van der Waals surface area contributed by atoms with Crippen LogP contribution in [0, 0.1) is 11.8 Å². The predicted octanol–water partition coefficient (Wildman–Crippen LogP) is 0.817. The van der Waals surface area contributed by atoms with E-state index < -0.39 is 0 Å². The Balaban J connectivity index is 2.53. The molecular weight excluding hydrogens is 156 g/mol. The van der Waals surface area contributed by atoms with Crippen LogP contribution in [-0.2, 0) is 14.3 Å². The highest BCUT2D eigenvalue weighted by atomic mass is 16.5. The Labute approximate surface area is 72.1 Å². The fraction of sp³-hybridized carbons (Fsp3) is 0.778. The molecular formula is C9H14O3. The fourth-order valence-electron chi connectivity index (χ4n) is 1.67. The monoisotopic (exact) mass is 170 g/mol. The Kier molecular flexibility index (Phi) is 3.41. The third-order valence-electron chi connectivity index (χ3n) is 2.37. The van der Waals surface area contributed by atoms with E-state index in [1.54, 1.807) is 7.11 Å². The minimum Gasteiger partial charge on any atom is -0.384 e. The van der Waals surface area contributed by atoms with E-state index in [1.165, 1.54) is 0 Å². The fourth-order valence-corrected chi connectivity index (χ4v) is 1.67. The van der Waals surface area contributed by atoms with E-state index in [2.05, 4.69) is 0 Å². The van der Waals surface area contributed by atoms with Crippen molar-refractivity contribution < 1.29 is 14.3 Å². The molecule has 0 aliphatic heterocycles. The lowest BCUT2D eigenvalue weighted by molar-refractivity contribution is -0.134. The summed E-state index contributed by atoms with van der Waals surface area (Å²) in [5.41, 5.74) is 0. The predicted molar refractivity (Wildman–Crippen MR) is 43.8 cm³/mol. The summed E-state index contributed by atoms with van der Waals surface area (Å²) in [5.74, 6) is -0.337. The number of carbonyl (C=O) groups is 2. The Morgan fingerprint density at radius 3 is 2.92 bits per heavy atom. The summed E-state index contributed by atoms with van der Waals surface area (Å²) < 4.78 is 4.91. The van der Waals surface area contributed by atoms with Crippen molar-refractivity contribution in [3.8, 4) is 0 Å². The molecule has 0 radical (unpaired) electrons. The first-order valence-corrected chi connectivity index (χ1v) is 4.27. The quantitative estimate of drug-likeness (QED) is 0.465. The van der Waals surface area contributed by atoms with Crippen molar-refractivity contribution in [3.05, 3.63) is 0 Å². The van der Waals surface area contributed by atoms with Gasteiger partial charge in [-0.1, -0.05) is 6.42 Å². The standard InChI is InChI=1S/C9H14O3/c1-12-6-8-4-2-3-7(5-10)9(8)11/h5,7-8H,2-4,6H2,1H3. The molecule has 2 atom stereocenters. The summed E-state index contributed by atoms with van der Waals surface area (Å²) in [6, 6.07) is 0. The summed E-state index contributed by atoms with van der Waals surface area (Å²) in [5, 5.41) is 0. The molecule has 1 aliphatic rings. The largest absolute Gasteiger partial charge is 0.384 e. The van der Waals surface area contributed by atoms with Crippen molar-refractivity contribution in [2.24, 2.45) is 11.8 Å². The van der Waals surface area contributed by atoms with Gasteiger partial charge in [0.15, 0.2) is 0 Å². The van der Waals surface area contributed by atoms with Gasteiger partial charge in [0.05, 0.1) is 12.5 Å². The second-order valence-corrected chi connectivity index (χ2v) is 3.23. The number of rotatable bonds is 3. The number of ether oxygens (including phenoxy) is 1. The molecule has 0 aromatic heterocycles. The molecule has 0 heterocycles. The second kappa shape index (κ2) is 4.36. The van der Waals surface area contributed by atoms with Crippen LogP contribution in [0.4, 0.5) is 0 Å². The van der Waals surface area contributed by atoms with E-state index in [1.807, 2.05) is 0 Å². The van der Waals surface area contributed by atoms with Crippen molar-refractivity contribution >= 4 is 12.1 Å². The number of ketones is 1. The van der Waals surface area contributed by atoms with Gasteiger partial charge in [-0.2, -0.15) is 0 Å². The minimum atomic E-state index is -0.362. The third-order valence-corrected chi connectivity index (χ3v) is 2.37. The number of Topliss-reactive ketones (excluding diaryl/α,β-unsaturated/α-hetero) is 1. The molecule has 1 fully saturated rings. The number of methoxy groups -OCH3 is 1. The van der Waals surface area contributed by atoms with Gasteiger partial charge in [-0.3, -0.25) is 4.79 Å². The maximum absolute atomic E-state index is 11.4. The maximum Gasteiger partial charge on any atom is 0.148 e. The van der Waals surface area contributed by atoms with E-state index in [0.717, 1.165) is 25.5 Å². The first-order valence-electron chi connectivity index (χ1n) is 4.27. The zero-order valence-corrected chi connectivity index (χ0v) is 7.29. The van der Waals surface area contributed by atoms with Gasteiger partial charge in [-0.25, -0.2) is 0 Å². The molecule has 0 saturated heterocycles. The molecule has 1 rings (SSSR count). The topological polar surface area (TPSA) is 43.4 Å². The van der Waals surface area contributed by atoms with Crippen molar-refractivity contribution in [1.29, 1.82) is 0 Å². The number of carbonyl (C=O) groups excluding carboxylic acids is 2. The summed E-state index contributed by atoms with van der Waals surface area (Å²) >= 11 is 0. The smallest absolute Gasteiger partial charge is 0.148 e. The van der Waals surface area contributed by atoms with Crippen molar-refractivity contribution in [2.45, 2.75) is 19.3 Å². The maximum atomic E-state index is 11.4. The van der Waals surface area contributed by atoms with Crippen LogP contribution in [-0.4, -0.2) is 25.8 Å². The molecule has 0 N–H and O–H groups in total. The molecule has 1 aliphatic carbocycles. The lowest BCUT2D eigenvalue weighted by Gasteiger charge is -2.23. The summed E-state index contributed by atoms with van der Waals surface area (Å²) in [6.07, 6.45) is 3.33. The van der Waals surface area contributed by atoms with Crippen LogP contribution < -0.4 is 0 Å². The number of aldehydes is 1. The third kappa shape index (κ3) is 1.91. The Bertz CT molecular complexity index is 175.